The zero-order chi connectivity index (χ0) is 18.4. The second kappa shape index (κ2) is 7.65. The first kappa shape index (κ1) is 18.2. The zero-order valence-electron chi connectivity index (χ0n) is 12.5. The Morgan fingerprint density at radius 3 is 2.24 bits per heavy atom. The Kier molecular flexibility index (Phi) is 5.58. The lowest BCUT2D eigenvalue weighted by Gasteiger charge is -2.09. The van der Waals surface area contributed by atoms with Gasteiger partial charge >= 0.3 is 12.3 Å². The molecule has 0 unspecified atom stereocenters. The van der Waals surface area contributed by atoms with Gasteiger partial charge in [0.2, 0.25) is 0 Å². The first-order valence-corrected chi connectivity index (χ1v) is 6.82. The highest BCUT2D eigenvalue weighted by Crippen LogP contribution is 2.22. The van der Waals surface area contributed by atoms with Gasteiger partial charge in [0.05, 0.1) is 11.3 Å². The van der Waals surface area contributed by atoms with Crippen LogP contribution in [0.15, 0.2) is 48.5 Å². The van der Waals surface area contributed by atoms with Gasteiger partial charge in [-0.2, -0.15) is 0 Å². The Bertz CT molecular complexity index is 759. The van der Waals surface area contributed by atoms with Crippen LogP contribution in [0.2, 0.25) is 0 Å². The number of carbonyl (C=O) groups is 2. The molecule has 0 aromatic heterocycles. The summed E-state index contributed by atoms with van der Waals surface area (Å²) in [7, 11) is 0. The Morgan fingerprint density at radius 2 is 1.64 bits per heavy atom. The number of para-hydroxylation sites is 1. The van der Waals surface area contributed by atoms with E-state index in [-0.39, 0.29) is 11.3 Å². The van der Waals surface area contributed by atoms with Gasteiger partial charge in [-0.25, -0.2) is 9.18 Å². The van der Waals surface area contributed by atoms with E-state index in [9.17, 15) is 27.2 Å². The maximum atomic E-state index is 13.4. The van der Waals surface area contributed by atoms with Crippen LogP contribution in [0.25, 0.3) is 0 Å². The third kappa shape index (κ3) is 5.79. The number of carbonyl (C=O) groups excluding carboxylic acids is 2. The van der Waals surface area contributed by atoms with E-state index < -0.39 is 36.4 Å². The molecule has 1 amide bonds. The third-order valence-electron chi connectivity index (χ3n) is 2.81. The van der Waals surface area contributed by atoms with Crippen LogP contribution in [0, 0.1) is 5.82 Å². The predicted molar refractivity (Wildman–Crippen MR) is 78.4 cm³/mol. The molecule has 0 bridgehead atoms. The number of hydrogen-bond donors (Lipinski definition) is 1. The second-order valence-electron chi connectivity index (χ2n) is 4.68. The van der Waals surface area contributed by atoms with E-state index in [4.69, 9.17) is 4.74 Å². The van der Waals surface area contributed by atoms with Crippen LogP contribution in [-0.4, -0.2) is 24.8 Å². The molecule has 0 saturated carbocycles. The second-order valence-corrected chi connectivity index (χ2v) is 4.68. The summed E-state index contributed by atoms with van der Waals surface area (Å²) in [5.74, 6) is -2.85. The van der Waals surface area contributed by atoms with Crippen LogP contribution in [0.1, 0.15) is 10.4 Å². The minimum Gasteiger partial charge on any atom is -0.452 e. The van der Waals surface area contributed by atoms with Crippen molar-refractivity contribution in [3.8, 4) is 5.75 Å². The van der Waals surface area contributed by atoms with Crippen molar-refractivity contribution >= 4 is 17.6 Å². The van der Waals surface area contributed by atoms with Gasteiger partial charge in [0, 0.05) is 0 Å². The molecule has 9 heteroatoms. The van der Waals surface area contributed by atoms with E-state index in [1.165, 1.54) is 18.2 Å². The van der Waals surface area contributed by atoms with Crippen LogP contribution < -0.4 is 10.1 Å². The largest absolute Gasteiger partial charge is 0.573 e. The van der Waals surface area contributed by atoms with Crippen molar-refractivity contribution in [2.75, 3.05) is 11.9 Å². The normalized spacial score (nSPS) is 10.9. The van der Waals surface area contributed by atoms with Crippen molar-refractivity contribution in [1.82, 2.24) is 0 Å². The van der Waals surface area contributed by atoms with Gasteiger partial charge in [-0.1, -0.05) is 12.1 Å². The van der Waals surface area contributed by atoms with E-state index in [0.717, 1.165) is 30.3 Å². The molecule has 0 aliphatic rings. The fourth-order valence-corrected chi connectivity index (χ4v) is 1.76. The summed E-state index contributed by atoms with van der Waals surface area (Å²) in [6, 6.07) is 9.40. The summed E-state index contributed by atoms with van der Waals surface area (Å²) in [6.07, 6.45) is -4.84. The van der Waals surface area contributed by atoms with Gasteiger partial charge in [-0.15, -0.1) is 13.2 Å². The number of halogens is 4. The Hall–Kier alpha value is -3.10. The molecule has 2 rings (SSSR count). The highest BCUT2D eigenvalue weighted by Gasteiger charge is 2.31. The quantitative estimate of drug-likeness (QED) is 0.657. The molecular formula is C16H11F4NO4. The molecule has 25 heavy (non-hydrogen) atoms. The van der Waals surface area contributed by atoms with E-state index in [1.54, 1.807) is 0 Å². The average Bonchev–Trinajstić information content (AvgIpc) is 2.54. The minimum absolute atomic E-state index is 0.0720. The van der Waals surface area contributed by atoms with Crippen LogP contribution in [0.4, 0.5) is 23.2 Å². The number of anilines is 1. The van der Waals surface area contributed by atoms with Gasteiger partial charge in [0.1, 0.15) is 11.6 Å². The van der Waals surface area contributed by atoms with E-state index in [2.05, 4.69) is 10.1 Å². The van der Waals surface area contributed by atoms with Crippen molar-refractivity contribution in [3.05, 3.63) is 59.9 Å². The molecule has 0 aliphatic carbocycles. The lowest BCUT2D eigenvalue weighted by molar-refractivity contribution is -0.274. The number of esters is 1. The number of hydrogen-bond acceptors (Lipinski definition) is 4. The van der Waals surface area contributed by atoms with Crippen LogP contribution in [0.5, 0.6) is 5.75 Å². The van der Waals surface area contributed by atoms with E-state index in [0.29, 0.717) is 0 Å². The predicted octanol–water partition coefficient (Wildman–Crippen LogP) is 3.52. The molecule has 5 nitrogen and oxygen atoms in total. The summed E-state index contributed by atoms with van der Waals surface area (Å²) < 4.78 is 57.8. The van der Waals surface area contributed by atoms with E-state index in [1.807, 2.05) is 0 Å². The number of ether oxygens (including phenoxy) is 2. The smallest absolute Gasteiger partial charge is 0.452 e. The molecule has 0 fully saturated rings. The van der Waals surface area contributed by atoms with Crippen LogP contribution in [0.3, 0.4) is 0 Å². The van der Waals surface area contributed by atoms with Crippen molar-refractivity contribution in [3.63, 3.8) is 0 Å². The summed E-state index contributed by atoms with van der Waals surface area (Å²) in [5.41, 5.74) is -0.148. The summed E-state index contributed by atoms with van der Waals surface area (Å²) in [4.78, 5) is 23.3. The number of rotatable bonds is 5. The average molecular weight is 357 g/mol. The zero-order valence-corrected chi connectivity index (χ0v) is 12.5. The number of nitrogens with one attached hydrogen (secondary N) is 1. The Morgan fingerprint density at radius 1 is 1.00 bits per heavy atom. The summed E-state index contributed by atoms with van der Waals surface area (Å²) in [5, 5.41) is 2.22. The van der Waals surface area contributed by atoms with Gasteiger partial charge in [0.25, 0.3) is 5.91 Å². The molecule has 0 radical (unpaired) electrons. The maximum Gasteiger partial charge on any atom is 0.573 e. The highest BCUT2D eigenvalue weighted by atomic mass is 19.4. The molecule has 2 aromatic rings. The lowest BCUT2D eigenvalue weighted by atomic mass is 10.2. The minimum atomic E-state index is -4.84. The number of amides is 1. The molecule has 0 heterocycles. The Balaban J connectivity index is 1.87. The molecule has 1 N–H and O–H groups in total. The molecule has 0 aliphatic heterocycles. The van der Waals surface area contributed by atoms with Gasteiger partial charge in [0.15, 0.2) is 6.61 Å². The first-order chi connectivity index (χ1) is 11.7. The third-order valence-corrected chi connectivity index (χ3v) is 2.81. The standard InChI is InChI=1S/C16H11F4NO4/c17-12-3-1-2-4-13(12)21-14(22)9-24-15(23)10-5-7-11(8-6-10)25-16(18,19)20/h1-8H,9H2,(H,21,22). The molecule has 132 valence electrons. The van der Waals surface area contributed by atoms with Crippen LogP contribution in [-0.2, 0) is 9.53 Å². The fraction of sp³-hybridized carbons (Fsp3) is 0.125. The lowest BCUT2D eigenvalue weighted by Crippen LogP contribution is -2.21. The SMILES string of the molecule is O=C(COC(=O)c1ccc(OC(F)(F)F)cc1)Nc1ccccc1F. The van der Waals surface area contributed by atoms with Crippen molar-refractivity contribution in [2.24, 2.45) is 0 Å². The first-order valence-electron chi connectivity index (χ1n) is 6.82. The fourth-order valence-electron chi connectivity index (χ4n) is 1.76. The molecule has 0 spiro atoms. The number of alkyl halides is 3. The molecule has 0 saturated heterocycles. The number of benzene rings is 2. The van der Waals surface area contributed by atoms with Crippen molar-refractivity contribution < 1.29 is 36.6 Å². The van der Waals surface area contributed by atoms with Gasteiger partial charge < -0.3 is 14.8 Å². The van der Waals surface area contributed by atoms with Crippen molar-refractivity contribution in [1.29, 1.82) is 0 Å². The maximum absolute atomic E-state index is 13.4. The molecule has 2 aromatic carbocycles. The van der Waals surface area contributed by atoms with Crippen molar-refractivity contribution in [2.45, 2.75) is 6.36 Å². The topological polar surface area (TPSA) is 64.6 Å². The highest BCUT2D eigenvalue weighted by molar-refractivity contribution is 5.95. The summed E-state index contributed by atoms with van der Waals surface area (Å²) >= 11 is 0. The van der Waals surface area contributed by atoms with Crippen LogP contribution >= 0.6 is 0 Å². The molecule has 0 atom stereocenters. The monoisotopic (exact) mass is 357 g/mol. The van der Waals surface area contributed by atoms with E-state index >= 15 is 0 Å². The van der Waals surface area contributed by atoms with Gasteiger partial charge in [-0.05, 0) is 36.4 Å². The van der Waals surface area contributed by atoms with Gasteiger partial charge in [-0.3, -0.25) is 4.79 Å². The molecular weight excluding hydrogens is 346 g/mol. The summed E-state index contributed by atoms with van der Waals surface area (Å²) in [6.45, 7) is -0.687. The Labute approximate surface area is 139 Å².